The molecule has 43 heavy (non-hydrogen) atoms. The summed E-state index contributed by atoms with van der Waals surface area (Å²) in [5.41, 5.74) is 2.30. The molecular weight excluding hydrogens is 603 g/mol. The summed E-state index contributed by atoms with van der Waals surface area (Å²) in [5.74, 6) is 1.54. The third-order valence-electron chi connectivity index (χ3n) is 7.88. The molecule has 0 amide bonds. The molecule has 0 bridgehead atoms. The number of aromatic nitrogens is 2. The zero-order valence-corrected chi connectivity index (χ0v) is 26.9. The maximum atomic E-state index is 14.0. The molecule has 0 atom stereocenters. The second-order valence-corrected chi connectivity index (χ2v) is 17.2. The summed E-state index contributed by atoms with van der Waals surface area (Å²) >= 11 is 6.39. The molecule has 2 heterocycles. The van der Waals surface area contributed by atoms with Gasteiger partial charge < -0.3 is 19.9 Å². The van der Waals surface area contributed by atoms with Gasteiger partial charge in [0.25, 0.3) is 0 Å². The summed E-state index contributed by atoms with van der Waals surface area (Å²) in [5, 5.41) is 6.67. The van der Waals surface area contributed by atoms with Crippen LogP contribution in [0.2, 0.25) is 5.02 Å². The highest BCUT2D eigenvalue weighted by molar-refractivity contribution is 7.92. The van der Waals surface area contributed by atoms with Crippen molar-refractivity contribution in [2.24, 2.45) is 5.92 Å². The first-order valence-corrected chi connectivity index (χ1v) is 18.3. The number of rotatable bonds is 10. The van der Waals surface area contributed by atoms with Gasteiger partial charge in [-0.1, -0.05) is 54.1 Å². The Morgan fingerprint density at radius 1 is 0.977 bits per heavy atom. The minimum Gasteiger partial charge on any atom is -0.495 e. The van der Waals surface area contributed by atoms with E-state index in [0.717, 1.165) is 24.6 Å². The van der Waals surface area contributed by atoms with Gasteiger partial charge in [0.1, 0.15) is 17.9 Å². The Morgan fingerprint density at radius 2 is 1.67 bits per heavy atom. The van der Waals surface area contributed by atoms with Crippen molar-refractivity contribution in [3.63, 3.8) is 0 Å². The van der Waals surface area contributed by atoms with Gasteiger partial charge in [0.2, 0.25) is 5.95 Å². The number of sulfone groups is 1. The first kappa shape index (κ1) is 31.0. The molecule has 2 N–H and O–H groups in total. The summed E-state index contributed by atoms with van der Waals surface area (Å²) < 4.78 is 45.5. The molecule has 1 aliphatic heterocycles. The van der Waals surface area contributed by atoms with Crippen LogP contribution >= 0.6 is 18.7 Å². The molecule has 0 radical (unpaired) electrons. The van der Waals surface area contributed by atoms with Crippen LogP contribution in [0.15, 0.2) is 83.9 Å². The fourth-order valence-electron chi connectivity index (χ4n) is 5.32. The van der Waals surface area contributed by atoms with Crippen LogP contribution in [0.3, 0.4) is 0 Å². The average molecular weight is 639 g/mol. The highest BCUT2D eigenvalue weighted by atomic mass is 35.5. The molecule has 0 aliphatic carbocycles. The number of methoxy groups -OCH3 is 1. The van der Waals surface area contributed by atoms with E-state index in [1.54, 1.807) is 45.2 Å². The van der Waals surface area contributed by atoms with Crippen molar-refractivity contribution in [1.29, 1.82) is 0 Å². The van der Waals surface area contributed by atoms with Crippen molar-refractivity contribution in [3.05, 3.63) is 89.6 Å². The van der Waals surface area contributed by atoms with E-state index >= 15 is 0 Å². The van der Waals surface area contributed by atoms with Crippen molar-refractivity contribution in [1.82, 2.24) is 9.97 Å². The lowest BCUT2D eigenvalue weighted by Gasteiger charge is -2.29. The number of ether oxygens (including phenoxy) is 1. The number of nitrogens with zero attached hydrogens (tertiary/aromatic N) is 2. The summed E-state index contributed by atoms with van der Waals surface area (Å²) in [6, 6.07) is 22.7. The predicted octanol–water partition coefficient (Wildman–Crippen LogP) is 7.45. The molecule has 1 saturated heterocycles. The monoisotopic (exact) mass is 638 g/mol. The van der Waals surface area contributed by atoms with Crippen LogP contribution in [-0.2, 0) is 20.8 Å². The van der Waals surface area contributed by atoms with E-state index in [4.69, 9.17) is 16.3 Å². The van der Waals surface area contributed by atoms with Crippen LogP contribution in [0.25, 0.3) is 0 Å². The van der Waals surface area contributed by atoms with Gasteiger partial charge in [0.15, 0.2) is 15.7 Å². The quantitative estimate of drug-likeness (QED) is 0.172. The Morgan fingerprint density at radius 3 is 2.37 bits per heavy atom. The second kappa shape index (κ2) is 13.1. The van der Waals surface area contributed by atoms with Crippen LogP contribution in [-0.4, -0.2) is 43.1 Å². The van der Waals surface area contributed by atoms with E-state index < -0.39 is 22.2 Å². The van der Waals surface area contributed by atoms with Crippen LogP contribution in [0.1, 0.15) is 32.3 Å². The largest absolute Gasteiger partial charge is 0.495 e. The fraction of sp³-hybridized carbons (Fsp3) is 0.312. The van der Waals surface area contributed by atoms with Crippen molar-refractivity contribution >= 4 is 57.0 Å². The van der Waals surface area contributed by atoms with E-state index in [0.29, 0.717) is 35.4 Å². The molecular formula is C32H36ClN4O4PS. The van der Waals surface area contributed by atoms with Gasteiger partial charge in [0.05, 0.1) is 34.8 Å². The molecule has 8 nitrogen and oxygen atoms in total. The zero-order chi connectivity index (χ0) is 30.6. The second-order valence-electron chi connectivity index (χ2n) is 11.1. The summed E-state index contributed by atoms with van der Waals surface area (Å²) in [6.07, 6.45) is 5.69. The number of para-hydroxylation sites is 1. The highest BCUT2D eigenvalue weighted by Gasteiger charge is 2.32. The van der Waals surface area contributed by atoms with Gasteiger partial charge in [0, 0.05) is 17.6 Å². The molecule has 4 aromatic rings. The maximum Gasteiger partial charge on any atom is 0.229 e. The van der Waals surface area contributed by atoms with Gasteiger partial charge in [-0.2, -0.15) is 4.98 Å². The first-order valence-electron chi connectivity index (χ1n) is 14.3. The van der Waals surface area contributed by atoms with Crippen molar-refractivity contribution < 1.29 is 17.7 Å². The third-order valence-corrected chi connectivity index (χ3v) is 13.5. The Kier molecular flexibility index (Phi) is 9.45. The number of halogens is 1. The van der Waals surface area contributed by atoms with E-state index in [-0.39, 0.29) is 21.7 Å². The van der Waals surface area contributed by atoms with Crippen LogP contribution < -0.4 is 20.7 Å². The van der Waals surface area contributed by atoms with E-state index in [9.17, 15) is 13.0 Å². The van der Waals surface area contributed by atoms with Gasteiger partial charge in [-0.25, -0.2) is 13.4 Å². The van der Waals surface area contributed by atoms with Gasteiger partial charge >= 0.3 is 0 Å². The number of anilines is 4. The molecule has 1 fully saturated rings. The highest BCUT2D eigenvalue weighted by Crippen LogP contribution is 2.52. The van der Waals surface area contributed by atoms with Crippen LogP contribution in [0.4, 0.5) is 23.1 Å². The molecule has 11 heteroatoms. The maximum absolute atomic E-state index is 14.0. The van der Waals surface area contributed by atoms with Gasteiger partial charge in [-0.05, 0) is 74.9 Å². The molecule has 0 saturated carbocycles. The van der Waals surface area contributed by atoms with Crippen LogP contribution in [0, 0.1) is 5.92 Å². The molecule has 1 aromatic heterocycles. The number of hydrogen-bond acceptors (Lipinski definition) is 8. The van der Waals surface area contributed by atoms with E-state index in [1.165, 1.54) is 11.8 Å². The SMILES string of the molecule is COc1cc(P2(=O)CCC(Cc3ccccc3)CC2)ccc1Nc1ncc(Cl)c(Nc2ccccc2S(=O)(=O)C(C)C)n1. The lowest BCUT2D eigenvalue weighted by atomic mass is 9.94. The molecule has 0 spiro atoms. The Hall–Kier alpha value is -3.39. The average Bonchev–Trinajstić information content (AvgIpc) is 3.01. The minimum absolute atomic E-state index is 0.162. The molecule has 226 valence electrons. The Balaban J connectivity index is 1.32. The molecule has 1 aliphatic rings. The lowest BCUT2D eigenvalue weighted by Crippen LogP contribution is -2.22. The zero-order valence-electron chi connectivity index (χ0n) is 24.5. The van der Waals surface area contributed by atoms with Crippen LogP contribution in [0.5, 0.6) is 5.75 Å². The lowest BCUT2D eigenvalue weighted by molar-refractivity contribution is 0.417. The molecule has 3 aromatic carbocycles. The fourth-order valence-corrected chi connectivity index (χ4v) is 9.66. The van der Waals surface area contributed by atoms with Crippen molar-refractivity contribution in [3.8, 4) is 5.75 Å². The third kappa shape index (κ3) is 7.06. The smallest absolute Gasteiger partial charge is 0.229 e. The number of nitrogens with one attached hydrogen (secondary N) is 2. The standard InChI is InChI=1S/C32H36ClN4O4PS/c1-22(2)43(39,40)30-12-8-7-11-28(30)35-31-26(33)21-34-32(37-31)36-27-14-13-25(20-29(27)41-3)42(38)17-15-24(16-18-42)19-23-9-5-4-6-10-23/h4-14,20-22,24H,15-19H2,1-3H3,(H2,34,35,36,37). The minimum atomic E-state index is -3.55. The molecule has 5 rings (SSSR count). The number of hydrogen-bond donors (Lipinski definition) is 2. The number of benzene rings is 3. The topological polar surface area (TPSA) is 110 Å². The molecule has 0 unspecified atom stereocenters. The predicted molar refractivity (Wildman–Crippen MR) is 175 cm³/mol. The Bertz CT molecular complexity index is 1740. The summed E-state index contributed by atoms with van der Waals surface area (Å²) in [7, 11) is -4.53. The van der Waals surface area contributed by atoms with Gasteiger partial charge in [-0.3, -0.25) is 0 Å². The summed E-state index contributed by atoms with van der Waals surface area (Å²) in [6.45, 7) is 3.27. The first-order chi connectivity index (χ1) is 20.6. The van der Waals surface area contributed by atoms with Crippen molar-refractivity contribution in [2.75, 3.05) is 30.1 Å². The van der Waals surface area contributed by atoms with E-state index in [2.05, 4.69) is 44.9 Å². The summed E-state index contributed by atoms with van der Waals surface area (Å²) in [4.78, 5) is 8.96. The van der Waals surface area contributed by atoms with Gasteiger partial charge in [-0.15, -0.1) is 0 Å². The van der Waals surface area contributed by atoms with E-state index in [1.807, 2.05) is 24.3 Å². The van der Waals surface area contributed by atoms with Crippen molar-refractivity contribution in [2.45, 2.75) is 43.3 Å². The Labute approximate surface area is 258 Å². The normalized spacial score (nSPS) is 18.8.